The first kappa shape index (κ1) is 15.2. The van der Waals surface area contributed by atoms with E-state index in [1.165, 1.54) is 11.1 Å². The molecule has 102 valence electrons. The third kappa shape index (κ3) is 3.56. The van der Waals surface area contributed by atoms with Crippen LogP contribution in [0.25, 0.3) is 0 Å². The Bertz CT molecular complexity index is 369. The van der Waals surface area contributed by atoms with Crippen LogP contribution in [0.5, 0.6) is 0 Å². The zero-order chi connectivity index (χ0) is 13.8. The van der Waals surface area contributed by atoms with Crippen molar-refractivity contribution in [2.75, 3.05) is 20.6 Å². The van der Waals surface area contributed by atoms with Gasteiger partial charge in [-0.25, -0.2) is 0 Å². The maximum atomic E-state index is 3.64. The highest BCUT2D eigenvalue weighted by Crippen LogP contribution is 2.21. The van der Waals surface area contributed by atoms with Crippen LogP contribution < -0.4 is 5.32 Å². The Kier molecular flexibility index (Phi) is 5.36. The molecule has 1 aromatic rings. The quantitative estimate of drug-likeness (QED) is 0.833. The fourth-order valence-corrected chi connectivity index (χ4v) is 2.19. The van der Waals surface area contributed by atoms with Gasteiger partial charge in [0.1, 0.15) is 0 Å². The average molecular weight is 248 g/mol. The summed E-state index contributed by atoms with van der Waals surface area (Å²) in [6, 6.07) is 9.14. The number of likely N-dealkylation sites (N-methyl/N-ethyl adjacent to an activating group) is 2. The lowest BCUT2D eigenvalue weighted by atomic mass is 9.87. The minimum atomic E-state index is 0.137. The summed E-state index contributed by atoms with van der Waals surface area (Å²) in [5.41, 5.74) is 2.96. The Labute approximate surface area is 112 Å². The first-order valence-corrected chi connectivity index (χ1v) is 6.85. The Morgan fingerprint density at radius 3 is 2.33 bits per heavy atom. The molecule has 0 heterocycles. The van der Waals surface area contributed by atoms with Gasteiger partial charge in [-0.3, -0.25) is 0 Å². The van der Waals surface area contributed by atoms with E-state index in [9.17, 15) is 0 Å². The van der Waals surface area contributed by atoms with Gasteiger partial charge in [-0.15, -0.1) is 0 Å². The predicted molar refractivity (Wildman–Crippen MR) is 80.1 cm³/mol. The highest BCUT2D eigenvalue weighted by molar-refractivity contribution is 5.27. The second-order valence-corrected chi connectivity index (χ2v) is 5.79. The Balaban J connectivity index is 2.91. The van der Waals surface area contributed by atoms with Gasteiger partial charge in [0.2, 0.25) is 0 Å². The molecule has 0 saturated heterocycles. The second kappa shape index (κ2) is 6.35. The summed E-state index contributed by atoms with van der Waals surface area (Å²) >= 11 is 0. The van der Waals surface area contributed by atoms with E-state index in [4.69, 9.17) is 0 Å². The number of nitrogens with zero attached hydrogens (tertiary/aromatic N) is 1. The molecule has 0 aliphatic heterocycles. The molecule has 1 unspecified atom stereocenters. The van der Waals surface area contributed by atoms with E-state index in [-0.39, 0.29) is 5.54 Å². The zero-order valence-electron chi connectivity index (χ0n) is 12.7. The summed E-state index contributed by atoms with van der Waals surface area (Å²) in [5.74, 6) is 0. The number of rotatable bonds is 6. The molecule has 1 aromatic carbocycles. The average Bonchev–Trinajstić information content (AvgIpc) is 2.31. The van der Waals surface area contributed by atoms with Crippen LogP contribution in [0, 0.1) is 6.92 Å². The lowest BCUT2D eigenvalue weighted by molar-refractivity contribution is 0.138. The molecule has 0 spiro atoms. The van der Waals surface area contributed by atoms with E-state index in [1.54, 1.807) is 0 Å². The number of aryl methyl sites for hydroxylation is 1. The van der Waals surface area contributed by atoms with Crippen molar-refractivity contribution in [2.45, 2.75) is 45.7 Å². The summed E-state index contributed by atoms with van der Waals surface area (Å²) in [7, 11) is 4.31. The molecule has 1 N–H and O–H groups in total. The third-order valence-corrected chi connectivity index (χ3v) is 4.14. The van der Waals surface area contributed by atoms with Gasteiger partial charge < -0.3 is 10.2 Å². The van der Waals surface area contributed by atoms with Crippen LogP contribution in [0.2, 0.25) is 0 Å². The summed E-state index contributed by atoms with van der Waals surface area (Å²) < 4.78 is 0. The normalized spacial score (nSPS) is 13.9. The molecule has 0 bridgehead atoms. The molecular weight excluding hydrogens is 220 g/mol. The summed E-state index contributed by atoms with van der Waals surface area (Å²) in [6.45, 7) is 9.99. The van der Waals surface area contributed by atoms with Gasteiger partial charge in [-0.05, 0) is 59.0 Å². The molecule has 0 amide bonds. The maximum absolute atomic E-state index is 3.64. The van der Waals surface area contributed by atoms with Crippen molar-refractivity contribution in [1.29, 1.82) is 0 Å². The van der Waals surface area contributed by atoms with Crippen LogP contribution in [-0.4, -0.2) is 37.1 Å². The molecule has 2 heteroatoms. The van der Waals surface area contributed by atoms with Gasteiger partial charge in [0.05, 0.1) is 0 Å². The first-order valence-electron chi connectivity index (χ1n) is 6.85. The lowest BCUT2D eigenvalue weighted by Crippen LogP contribution is -2.56. The minimum Gasteiger partial charge on any atom is -0.312 e. The van der Waals surface area contributed by atoms with Crippen molar-refractivity contribution in [3.05, 3.63) is 35.4 Å². The van der Waals surface area contributed by atoms with Gasteiger partial charge >= 0.3 is 0 Å². The number of nitrogens with one attached hydrogen (secondary N) is 1. The molecule has 0 fully saturated rings. The largest absolute Gasteiger partial charge is 0.312 e. The standard InChI is InChI=1S/C16H28N2/c1-7-17-15(16(3,4)18(5)6)12-14-11-9-8-10-13(14)2/h8-11,15,17H,7,12H2,1-6H3. The van der Waals surface area contributed by atoms with Crippen molar-refractivity contribution in [2.24, 2.45) is 0 Å². The Hall–Kier alpha value is -0.860. The molecular formula is C16H28N2. The second-order valence-electron chi connectivity index (χ2n) is 5.79. The molecule has 0 saturated carbocycles. The summed E-state index contributed by atoms with van der Waals surface area (Å²) in [6.07, 6.45) is 1.08. The third-order valence-electron chi connectivity index (χ3n) is 4.14. The fraction of sp³-hybridized carbons (Fsp3) is 0.625. The molecule has 18 heavy (non-hydrogen) atoms. The van der Waals surface area contributed by atoms with Crippen LogP contribution >= 0.6 is 0 Å². The van der Waals surface area contributed by atoms with Crippen molar-refractivity contribution >= 4 is 0 Å². The van der Waals surface area contributed by atoms with E-state index in [0.29, 0.717) is 6.04 Å². The highest BCUT2D eigenvalue weighted by atomic mass is 15.2. The minimum absolute atomic E-state index is 0.137. The zero-order valence-corrected chi connectivity index (χ0v) is 12.7. The molecule has 0 aliphatic carbocycles. The molecule has 0 aliphatic rings. The highest BCUT2D eigenvalue weighted by Gasteiger charge is 2.31. The Morgan fingerprint density at radius 2 is 1.83 bits per heavy atom. The number of hydrogen-bond donors (Lipinski definition) is 1. The maximum Gasteiger partial charge on any atom is 0.0303 e. The van der Waals surface area contributed by atoms with E-state index in [2.05, 4.69) is 76.3 Å². The number of hydrogen-bond acceptors (Lipinski definition) is 2. The van der Waals surface area contributed by atoms with Crippen molar-refractivity contribution in [1.82, 2.24) is 10.2 Å². The van der Waals surface area contributed by atoms with Crippen molar-refractivity contribution in [3.63, 3.8) is 0 Å². The van der Waals surface area contributed by atoms with Crippen LogP contribution in [0.4, 0.5) is 0 Å². The van der Waals surface area contributed by atoms with E-state index >= 15 is 0 Å². The first-order chi connectivity index (χ1) is 8.39. The monoisotopic (exact) mass is 248 g/mol. The Morgan fingerprint density at radius 1 is 1.22 bits per heavy atom. The van der Waals surface area contributed by atoms with Crippen LogP contribution in [0.3, 0.4) is 0 Å². The fourth-order valence-electron chi connectivity index (χ4n) is 2.19. The van der Waals surface area contributed by atoms with Gasteiger partial charge in [0, 0.05) is 11.6 Å². The summed E-state index contributed by atoms with van der Waals surface area (Å²) in [4.78, 5) is 2.30. The SMILES string of the molecule is CCNC(Cc1ccccc1C)C(C)(C)N(C)C. The smallest absolute Gasteiger partial charge is 0.0303 e. The van der Waals surface area contributed by atoms with Crippen LogP contribution in [-0.2, 0) is 6.42 Å². The molecule has 1 atom stereocenters. The van der Waals surface area contributed by atoms with Gasteiger partial charge in [0.15, 0.2) is 0 Å². The topological polar surface area (TPSA) is 15.3 Å². The van der Waals surface area contributed by atoms with Gasteiger partial charge in [-0.1, -0.05) is 31.2 Å². The molecule has 1 rings (SSSR count). The predicted octanol–water partition coefficient (Wildman–Crippen LogP) is 2.86. The summed E-state index contributed by atoms with van der Waals surface area (Å²) in [5, 5.41) is 3.64. The van der Waals surface area contributed by atoms with Crippen LogP contribution in [0.15, 0.2) is 24.3 Å². The molecule has 0 radical (unpaired) electrons. The van der Waals surface area contributed by atoms with Gasteiger partial charge in [0.25, 0.3) is 0 Å². The van der Waals surface area contributed by atoms with Gasteiger partial charge in [-0.2, -0.15) is 0 Å². The van der Waals surface area contributed by atoms with Crippen LogP contribution in [0.1, 0.15) is 31.9 Å². The van der Waals surface area contributed by atoms with E-state index in [0.717, 1.165) is 13.0 Å². The van der Waals surface area contributed by atoms with Crippen molar-refractivity contribution < 1.29 is 0 Å². The van der Waals surface area contributed by atoms with E-state index < -0.39 is 0 Å². The number of benzene rings is 1. The lowest BCUT2D eigenvalue weighted by Gasteiger charge is -2.41. The molecule has 0 aromatic heterocycles. The van der Waals surface area contributed by atoms with Crippen molar-refractivity contribution in [3.8, 4) is 0 Å². The van der Waals surface area contributed by atoms with E-state index in [1.807, 2.05) is 0 Å². The molecule has 2 nitrogen and oxygen atoms in total.